The van der Waals surface area contributed by atoms with Crippen molar-refractivity contribution in [3.05, 3.63) is 70.2 Å². The minimum absolute atomic E-state index is 0.0293. The molecule has 0 heterocycles. The van der Waals surface area contributed by atoms with Crippen LogP contribution in [0.15, 0.2) is 48.5 Å². The van der Waals surface area contributed by atoms with E-state index in [1.807, 2.05) is 6.92 Å². The van der Waals surface area contributed by atoms with Gasteiger partial charge in [-0.1, -0.05) is 37.1 Å². The highest BCUT2D eigenvalue weighted by Gasteiger charge is 2.21. The van der Waals surface area contributed by atoms with Crippen LogP contribution in [-0.4, -0.2) is 16.9 Å². The summed E-state index contributed by atoms with van der Waals surface area (Å²) < 4.78 is 0. The van der Waals surface area contributed by atoms with Gasteiger partial charge < -0.3 is 5.11 Å². The molecule has 0 saturated heterocycles. The van der Waals surface area contributed by atoms with Crippen LogP contribution in [0.4, 0.5) is 0 Å². The van der Waals surface area contributed by atoms with Crippen molar-refractivity contribution in [2.75, 3.05) is 0 Å². The molecule has 22 heavy (non-hydrogen) atoms. The summed E-state index contributed by atoms with van der Waals surface area (Å²) in [6.45, 7) is 2.02. The van der Waals surface area contributed by atoms with E-state index in [0.717, 1.165) is 12.0 Å². The number of ketones is 1. The van der Waals surface area contributed by atoms with Crippen LogP contribution in [0.25, 0.3) is 0 Å². The zero-order valence-electron chi connectivity index (χ0n) is 12.3. The Morgan fingerprint density at radius 2 is 1.55 bits per heavy atom. The summed E-state index contributed by atoms with van der Waals surface area (Å²) in [6.07, 6.45) is 1.58. The van der Waals surface area contributed by atoms with Gasteiger partial charge in [-0.25, -0.2) is 4.79 Å². The van der Waals surface area contributed by atoms with E-state index in [4.69, 9.17) is 16.7 Å². The molecule has 0 fully saturated rings. The number of Topliss-reactive ketones (excluding diaryl/α,β-unsaturated/α-hetero) is 1. The third kappa shape index (κ3) is 3.74. The van der Waals surface area contributed by atoms with Gasteiger partial charge in [0.15, 0.2) is 5.78 Å². The summed E-state index contributed by atoms with van der Waals surface area (Å²) in [4.78, 5) is 23.6. The summed E-state index contributed by atoms with van der Waals surface area (Å²) >= 11 is 5.85. The van der Waals surface area contributed by atoms with Crippen molar-refractivity contribution in [3.63, 3.8) is 0 Å². The fourth-order valence-electron chi connectivity index (χ4n) is 2.41. The van der Waals surface area contributed by atoms with Crippen LogP contribution in [0, 0.1) is 0 Å². The Bertz CT molecular complexity index is 660. The van der Waals surface area contributed by atoms with Crippen LogP contribution in [-0.2, 0) is 0 Å². The van der Waals surface area contributed by atoms with Crippen molar-refractivity contribution in [2.24, 2.45) is 0 Å². The van der Waals surface area contributed by atoms with Gasteiger partial charge >= 0.3 is 5.97 Å². The predicted molar refractivity (Wildman–Crippen MR) is 86.8 cm³/mol. The summed E-state index contributed by atoms with van der Waals surface area (Å²) in [5, 5.41) is 9.54. The fourth-order valence-corrected chi connectivity index (χ4v) is 2.54. The first-order chi connectivity index (χ1) is 10.5. The molecule has 0 radical (unpaired) electrons. The van der Waals surface area contributed by atoms with E-state index in [-0.39, 0.29) is 17.3 Å². The molecule has 1 atom stereocenters. The van der Waals surface area contributed by atoms with E-state index in [2.05, 4.69) is 0 Å². The number of rotatable bonds is 6. The minimum Gasteiger partial charge on any atom is -0.478 e. The summed E-state index contributed by atoms with van der Waals surface area (Å²) in [7, 11) is 0. The number of carboxylic acid groups (broad SMARTS) is 1. The van der Waals surface area contributed by atoms with Gasteiger partial charge in [-0.3, -0.25) is 4.79 Å². The third-order valence-corrected chi connectivity index (χ3v) is 3.83. The SMILES string of the molecule is CCC[C@@H](C(=O)c1ccc(Cl)cc1)c1ccc(C(=O)O)cc1. The normalized spacial score (nSPS) is 11.9. The molecule has 2 aromatic carbocycles. The standard InChI is InChI=1S/C18H17ClO3/c1-2-3-16(12-4-6-14(7-5-12)18(21)22)17(20)13-8-10-15(19)11-9-13/h4-11,16H,2-3H2,1H3,(H,21,22)/t16-/m1/s1. The van der Waals surface area contributed by atoms with Crippen LogP contribution < -0.4 is 0 Å². The number of carbonyl (C=O) groups excluding carboxylic acids is 1. The maximum Gasteiger partial charge on any atom is 0.335 e. The monoisotopic (exact) mass is 316 g/mol. The van der Waals surface area contributed by atoms with Gasteiger partial charge in [0.25, 0.3) is 0 Å². The van der Waals surface area contributed by atoms with Crippen molar-refractivity contribution < 1.29 is 14.7 Å². The number of hydrogen-bond donors (Lipinski definition) is 1. The van der Waals surface area contributed by atoms with Crippen LogP contribution in [0.1, 0.15) is 52.0 Å². The first-order valence-electron chi connectivity index (χ1n) is 7.16. The van der Waals surface area contributed by atoms with Crippen molar-refractivity contribution >= 4 is 23.4 Å². The Morgan fingerprint density at radius 1 is 1.00 bits per heavy atom. The Balaban J connectivity index is 2.30. The number of halogens is 1. The van der Waals surface area contributed by atoms with Gasteiger partial charge in [-0.15, -0.1) is 0 Å². The smallest absolute Gasteiger partial charge is 0.335 e. The molecule has 0 spiro atoms. The molecule has 0 aliphatic carbocycles. The highest BCUT2D eigenvalue weighted by Crippen LogP contribution is 2.26. The quantitative estimate of drug-likeness (QED) is 0.778. The summed E-state index contributed by atoms with van der Waals surface area (Å²) in [6, 6.07) is 13.4. The Kier molecular flexibility index (Phi) is 5.34. The van der Waals surface area contributed by atoms with E-state index in [1.165, 1.54) is 12.1 Å². The number of carboxylic acids is 1. The predicted octanol–water partition coefficient (Wildman–Crippen LogP) is 4.80. The highest BCUT2D eigenvalue weighted by atomic mass is 35.5. The number of aromatic carboxylic acids is 1. The molecule has 2 aromatic rings. The average molecular weight is 317 g/mol. The molecule has 1 N–H and O–H groups in total. The van der Waals surface area contributed by atoms with Crippen LogP contribution in [0.2, 0.25) is 5.02 Å². The maximum atomic E-state index is 12.7. The topological polar surface area (TPSA) is 54.4 Å². The van der Waals surface area contributed by atoms with E-state index in [9.17, 15) is 9.59 Å². The maximum absolute atomic E-state index is 12.7. The lowest BCUT2D eigenvalue weighted by molar-refractivity contribution is 0.0696. The second-order valence-corrected chi connectivity index (χ2v) is 5.58. The largest absolute Gasteiger partial charge is 0.478 e. The molecule has 0 amide bonds. The van der Waals surface area contributed by atoms with Gasteiger partial charge in [-0.2, -0.15) is 0 Å². The molecular weight excluding hydrogens is 300 g/mol. The van der Waals surface area contributed by atoms with Crippen molar-refractivity contribution in [1.29, 1.82) is 0 Å². The molecule has 2 rings (SSSR count). The van der Waals surface area contributed by atoms with Gasteiger partial charge in [0.05, 0.1) is 5.56 Å². The Morgan fingerprint density at radius 3 is 2.05 bits per heavy atom. The molecule has 114 valence electrons. The van der Waals surface area contributed by atoms with Crippen LogP contribution in [0.5, 0.6) is 0 Å². The minimum atomic E-state index is -0.970. The Hall–Kier alpha value is -2.13. The highest BCUT2D eigenvalue weighted by molar-refractivity contribution is 6.30. The van der Waals surface area contributed by atoms with E-state index in [0.29, 0.717) is 17.0 Å². The number of carbonyl (C=O) groups is 2. The van der Waals surface area contributed by atoms with Crippen molar-refractivity contribution in [2.45, 2.75) is 25.7 Å². The number of hydrogen-bond acceptors (Lipinski definition) is 2. The molecule has 0 aromatic heterocycles. The second kappa shape index (κ2) is 7.23. The second-order valence-electron chi connectivity index (χ2n) is 5.14. The zero-order valence-corrected chi connectivity index (χ0v) is 13.0. The molecule has 0 bridgehead atoms. The third-order valence-electron chi connectivity index (χ3n) is 3.58. The molecule has 0 aliphatic heterocycles. The van der Waals surface area contributed by atoms with Crippen molar-refractivity contribution in [3.8, 4) is 0 Å². The molecule has 0 saturated carbocycles. The summed E-state index contributed by atoms with van der Waals surface area (Å²) in [5.74, 6) is -1.21. The molecule has 0 aliphatic rings. The molecular formula is C18H17ClO3. The lowest BCUT2D eigenvalue weighted by Gasteiger charge is -2.16. The lowest BCUT2D eigenvalue weighted by atomic mass is 9.87. The lowest BCUT2D eigenvalue weighted by Crippen LogP contribution is -2.13. The average Bonchev–Trinajstić information content (AvgIpc) is 2.53. The molecule has 0 unspecified atom stereocenters. The van der Waals surface area contributed by atoms with Gasteiger partial charge in [0.2, 0.25) is 0 Å². The van der Waals surface area contributed by atoms with E-state index in [1.54, 1.807) is 36.4 Å². The molecule has 3 nitrogen and oxygen atoms in total. The van der Waals surface area contributed by atoms with Crippen LogP contribution in [0.3, 0.4) is 0 Å². The fraction of sp³-hybridized carbons (Fsp3) is 0.222. The van der Waals surface area contributed by atoms with E-state index >= 15 is 0 Å². The van der Waals surface area contributed by atoms with Gasteiger partial charge in [-0.05, 0) is 48.4 Å². The number of benzene rings is 2. The molecule has 4 heteroatoms. The first-order valence-corrected chi connectivity index (χ1v) is 7.53. The van der Waals surface area contributed by atoms with Crippen molar-refractivity contribution in [1.82, 2.24) is 0 Å². The van der Waals surface area contributed by atoms with Crippen LogP contribution >= 0.6 is 11.6 Å². The first kappa shape index (κ1) is 16.2. The van der Waals surface area contributed by atoms with Gasteiger partial charge in [0, 0.05) is 16.5 Å². The van der Waals surface area contributed by atoms with Gasteiger partial charge in [0.1, 0.15) is 0 Å². The zero-order chi connectivity index (χ0) is 16.1. The Labute approximate surface area is 134 Å². The summed E-state index contributed by atoms with van der Waals surface area (Å²) in [5.41, 5.74) is 1.68. The van der Waals surface area contributed by atoms with E-state index < -0.39 is 5.97 Å².